The number of carboxylic acids is 1. The van der Waals surface area contributed by atoms with Gasteiger partial charge in [0.15, 0.2) is 11.5 Å². The van der Waals surface area contributed by atoms with E-state index in [1.54, 1.807) is 43.5 Å². The predicted octanol–water partition coefficient (Wildman–Crippen LogP) is 6.70. The molecule has 0 unspecified atom stereocenters. The molecule has 33 heavy (non-hydrogen) atoms. The molecule has 0 amide bonds. The summed E-state index contributed by atoms with van der Waals surface area (Å²) in [5, 5.41) is 18.9. The minimum absolute atomic E-state index is 0.0198. The normalized spacial score (nSPS) is 10.8. The highest BCUT2D eigenvalue weighted by Gasteiger charge is 2.22. The van der Waals surface area contributed by atoms with Crippen molar-refractivity contribution in [2.45, 2.75) is 26.2 Å². The number of carboxylic acid groups (broad SMARTS) is 1. The van der Waals surface area contributed by atoms with Gasteiger partial charge in [-0.1, -0.05) is 26.0 Å². The quantitative estimate of drug-likeness (QED) is 0.289. The van der Waals surface area contributed by atoms with Crippen molar-refractivity contribution in [2.24, 2.45) is 0 Å². The number of aromatic hydroxyl groups is 1. The lowest BCUT2D eigenvalue weighted by Gasteiger charge is -2.19. The summed E-state index contributed by atoms with van der Waals surface area (Å²) in [5.41, 5.74) is 2.00. The Balaban J connectivity index is 2.15. The standard InChI is InChI=1S/C25H22Br2O6/c1-13(2)17-11-22(33-25-19(26)7-14(8-20(25)27)9-23(29)30)18(12-21(17)32-3)24(31)15-5-4-6-16(28)10-15/h4-8,10-13,28H,9H2,1-3H3,(H,29,30). The zero-order chi connectivity index (χ0) is 24.3. The van der Waals surface area contributed by atoms with Gasteiger partial charge >= 0.3 is 5.97 Å². The van der Waals surface area contributed by atoms with E-state index >= 15 is 0 Å². The zero-order valence-electron chi connectivity index (χ0n) is 18.2. The number of carbonyl (C=O) groups is 2. The van der Waals surface area contributed by atoms with Gasteiger partial charge in [0.25, 0.3) is 0 Å². The van der Waals surface area contributed by atoms with Crippen LogP contribution in [0.5, 0.6) is 23.0 Å². The largest absolute Gasteiger partial charge is 0.508 e. The van der Waals surface area contributed by atoms with Crippen molar-refractivity contribution in [3.63, 3.8) is 0 Å². The summed E-state index contributed by atoms with van der Waals surface area (Å²) in [6, 6.07) is 12.8. The van der Waals surface area contributed by atoms with Crippen LogP contribution in [-0.2, 0) is 11.2 Å². The Morgan fingerprint density at radius 1 is 1.00 bits per heavy atom. The van der Waals surface area contributed by atoms with Crippen LogP contribution < -0.4 is 9.47 Å². The van der Waals surface area contributed by atoms with Crippen LogP contribution in [0.2, 0.25) is 0 Å². The van der Waals surface area contributed by atoms with Crippen LogP contribution in [0.4, 0.5) is 0 Å². The van der Waals surface area contributed by atoms with Gasteiger partial charge < -0.3 is 19.7 Å². The number of hydrogen-bond donors (Lipinski definition) is 2. The molecule has 2 N–H and O–H groups in total. The third-order valence-electron chi connectivity index (χ3n) is 4.93. The summed E-state index contributed by atoms with van der Waals surface area (Å²) >= 11 is 6.89. The molecule has 0 aliphatic heterocycles. The van der Waals surface area contributed by atoms with E-state index in [4.69, 9.17) is 14.6 Å². The van der Waals surface area contributed by atoms with Crippen molar-refractivity contribution < 1.29 is 29.3 Å². The van der Waals surface area contributed by atoms with Gasteiger partial charge in [-0.25, -0.2) is 0 Å². The second-order valence-electron chi connectivity index (χ2n) is 7.69. The van der Waals surface area contributed by atoms with Crippen LogP contribution in [0, 0.1) is 0 Å². The molecule has 172 valence electrons. The highest BCUT2D eigenvalue weighted by atomic mass is 79.9. The first-order valence-corrected chi connectivity index (χ1v) is 11.6. The van der Waals surface area contributed by atoms with Gasteiger partial charge in [-0.3, -0.25) is 9.59 Å². The van der Waals surface area contributed by atoms with Gasteiger partial charge in [0, 0.05) is 11.1 Å². The first-order valence-electron chi connectivity index (χ1n) is 10.0. The van der Waals surface area contributed by atoms with Crippen molar-refractivity contribution in [3.05, 3.63) is 79.7 Å². The topological polar surface area (TPSA) is 93.1 Å². The van der Waals surface area contributed by atoms with E-state index in [9.17, 15) is 14.7 Å². The second kappa shape index (κ2) is 10.4. The first-order chi connectivity index (χ1) is 15.6. The van der Waals surface area contributed by atoms with E-state index in [1.165, 1.54) is 12.1 Å². The number of halogens is 2. The van der Waals surface area contributed by atoms with E-state index in [-0.39, 0.29) is 29.4 Å². The molecular formula is C25H22Br2O6. The van der Waals surface area contributed by atoms with E-state index < -0.39 is 5.97 Å². The molecule has 0 bridgehead atoms. The number of hydrogen-bond acceptors (Lipinski definition) is 5. The van der Waals surface area contributed by atoms with Gasteiger partial charge in [0.1, 0.15) is 17.2 Å². The lowest BCUT2D eigenvalue weighted by Crippen LogP contribution is -2.07. The molecule has 0 saturated heterocycles. The van der Waals surface area contributed by atoms with Crippen LogP contribution in [0.25, 0.3) is 0 Å². The first kappa shape index (κ1) is 24.8. The van der Waals surface area contributed by atoms with Crippen LogP contribution in [0.3, 0.4) is 0 Å². The molecule has 0 spiro atoms. The van der Waals surface area contributed by atoms with Crippen molar-refractivity contribution in [3.8, 4) is 23.0 Å². The minimum Gasteiger partial charge on any atom is -0.508 e. The van der Waals surface area contributed by atoms with Crippen molar-refractivity contribution in [1.29, 1.82) is 0 Å². The average Bonchev–Trinajstić information content (AvgIpc) is 2.74. The van der Waals surface area contributed by atoms with Crippen molar-refractivity contribution in [2.75, 3.05) is 7.11 Å². The minimum atomic E-state index is -0.946. The van der Waals surface area contributed by atoms with Gasteiger partial charge in [-0.2, -0.15) is 0 Å². The maximum atomic E-state index is 13.4. The Morgan fingerprint density at radius 3 is 2.21 bits per heavy atom. The molecule has 0 atom stereocenters. The zero-order valence-corrected chi connectivity index (χ0v) is 21.4. The summed E-state index contributed by atoms with van der Waals surface area (Å²) < 4.78 is 12.8. The molecule has 0 radical (unpaired) electrons. The predicted molar refractivity (Wildman–Crippen MR) is 132 cm³/mol. The Kier molecular flexibility index (Phi) is 7.81. The highest BCUT2D eigenvalue weighted by molar-refractivity contribution is 9.11. The number of phenolic OH excluding ortho intramolecular Hbond substituents is 1. The van der Waals surface area contributed by atoms with Gasteiger partial charge in [0.05, 0.1) is 28.0 Å². The summed E-state index contributed by atoms with van der Waals surface area (Å²) in [7, 11) is 1.54. The van der Waals surface area contributed by atoms with E-state index in [1.807, 2.05) is 13.8 Å². The summed E-state index contributed by atoms with van der Waals surface area (Å²) in [6.07, 6.45) is -0.140. The SMILES string of the molecule is COc1cc(C(=O)c2cccc(O)c2)c(Oc2c(Br)cc(CC(=O)O)cc2Br)cc1C(C)C. The van der Waals surface area contributed by atoms with Gasteiger partial charge in [0.2, 0.25) is 0 Å². The van der Waals surface area contributed by atoms with Crippen LogP contribution in [-0.4, -0.2) is 29.1 Å². The molecule has 0 aliphatic carbocycles. The Labute approximate surface area is 208 Å². The molecule has 3 rings (SSSR count). The smallest absolute Gasteiger partial charge is 0.307 e. The monoisotopic (exact) mass is 576 g/mol. The molecule has 3 aromatic carbocycles. The molecule has 0 aliphatic rings. The maximum Gasteiger partial charge on any atom is 0.307 e. The molecule has 0 heterocycles. The van der Waals surface area contributed by atoms with Crippen molar-refractivity contribution in [1.82, 2.24) is 0 Å². The summed E-state index contributed by atoms with van der Waals surface area (Å²) in [5.74, 6) is 0.0399. The number of rotatable bonds is 8. The summed E-state index contributed by atoms with van der Waals surface area (Å²) in [4.78, 5) is 24.4. The lowest BCUT2D eigenvalue weighted by molar-refractivity contribution is -0.136. The fraction of sp³-hybridized carbons (Fsp3) is 0.200. The van der Waals surface area contributed by atoms with Crippen LogP contribution >= 0.6 is 31.9 Å². The second-order valence-corrected chi connectivity index (χ2v) is 9.39. The number of benzene rings is 3. The summed E-state index contributed by atoms with van der Waals surface area (Å²) in [6.45, 7) is 4.01. The number of aliphatic carboxylic acids is 1. The van der Waals surface area contributed by atoms with E-state index in [0.717, 1.165) is 5.56 Å². The number of ether oxygens (including phenoxy) is 2. The fourth-order valence-corrected chi connectivity index (χ4v) is 4.81. The van der Waals surface area contributed by atoms with Gasteiger partial charge in [-0.05, 0) is 79.7 Å². The van der Waals surface area contributed by atoms with E-state index in [2.05, 4.69) is 31.9 Å². The molecule has 0 saturated carbocycles. The molecule has 8 heteroatoms. The third kappa shape index (κ3) is 5.75. The van der Waals surface area contributed by atoms with E-state index in [0.29, 0.717) is 37.3 Å². The van der Waals surface area contributed by atoms with Crippen molar-refractivity contribution >= 4 is 43.6 Å². The van der Waals surface area contributed by atoms with Gasteiger partial charge in [-0.15, -0.1) is 0 Å². The molecular weight excluding hydrogens is 556 g/mol. The van der Waals surface area contributed by atoms with Crippen LogP contribution in [0.15, 0.2) is 57.5 Å². The average molecular weight is 578 g/mol. The van der Waals surface area contributed by atoms with Crippen LogP contribution in [0.1, 0.15) is 46.8 Å². The maximum absolute atomic E-state index is 13.4. The number of methoxy groups -OCH3 is 1. The molecule has 0 fully saturated rings. The third-order valence-corrected chi connectivity index (χ3v) is 6.11. The number of carbonyl (C=O) groups excluding carboxylic acids is 1. The molecule has 6 nitrogen and oxygen atoms in total. The fourth-order valence-electron chi connectivity index (χ4n) is 3.36. The lowest BCUT2D eigenvalue weighted by atomic mass is 9.95. The number of ketones is 1. The molecule has 3 aromatic rings. The Morgan fingerprint density at radius 2 is 1.67 bits per heavy atom. The Hall–Kier alpha value is -2.84. The number of phenols is 1. The highest BCUT2D eigenvalue weighted by Crippen LogP contribution is 2.42. The Bertz CT molecular complexity index is 1200. The molecule has 0 aromatic heterocycles.